The minimum absolute atomic E-state index is 0.0821. The number of methoxy groups -OCH3 is 1. The van der Waals surface area contributed by atoms with Crippen LogP contribution in [-0.2, 0) is 10.9 Å². The molecule has 0 aliphatic heterocycles. The fourth-order valence-corrected chi connectivity index (χ4v) is 1.88. The lowest BCUT2D eigenvalue weighted by atomic mass is 9.98. The number of benzene rings is 2. The maximum atomic E-state index is 13.3. The van der Waals surface area contributed by atoms with Gasteiger partial charge in [0, 0.05) is 0 Å². The molecule has 2 nitrogen and oxygen atoms in total. The zero-order valence-electron chi connectivity index (χ0n) is 10.9. The maximum absolute atomic E-state index is 13.3. The summed E-state index contributed by atoms with van der Waals surface area (Å²) in [6.07, 6.45) is -4.45. The lowest BCUT2D eigenvalue weighted by molar-refractivity contribution is -0.137. The Labute approximate surface area is 118 Å². The minimum Gasteiger partial charge on any atom is -0.465 e. The van der Waals surface area contributed by atoms with Gasteiger partial charge in [0.15, 0.2) is 0 Å². The van der Waals surface area contributed by atoms with Crippen molar-refractivity contribution < 1.29 is 27.1 Å². The van der Waals surface area contributed by atoms with Crippen molar-refractivity contribution in [3.05, 3.63) is 59.4 Å². The highest BCUT2D eigenvalue weighted by Gasteiger charge is 2.30. The molecule has 0 bridgehead atoms. The molecule has 2 aromatic carbocycles. The van der Waals surface area contributed by atoms with Crippen LogP contribution in [0.25, 0.3) is 11.1 Å². The molecule has 0 radical (unpaired) electrons. The van der Waals surface area contributed by atoms with Gasteiger partial charge in [0.05, 0.1) is 18.2 Å². The molecular formula is C15H10F4O2. The highest BCUT2D eigenvalue weighted by Crippen LogP contribution is 2.32. The highest BCUT2D eigenvalue weighted by atomic mass is 19.4. The Morgan fingerprint density at radius 1 is 1.05 bits per heavy atom. The number of ether oxygens (including phenoxy) is 1. The lowest BCUT2D eigenvalue weighted by Crippen LogP contribution is -2.05. The van der Waals surface area contributed by atoms with Gasteiger partial charge in [-0.25, -0.2) is 9.18 Å². The maximum Gasteiger partial charge on any atom is 0.416 e. The number of esters is 1. The second-order valence-electron chi connectivity index (χ2n) is 4.26. The number of rotatable bonds is 2. The van der Waals surface area contributed by atoms with E-state index in [9.17, 15) is 22.4 Å². The predicted molar refractivity (Wildman–Crippen MR) is 68.2 cm³/mol. The van der Waals surface area contributed by atoms with E-state index >= 15 is 0 Å². The molecule has 0 aliphatic carbocycles. The Hall–Kier alpha value is -2.37. The van der Waals surface area contributed by atoms with Crippen LogP contribution in [0, 0.1) is 5.82 Å². The molecule has 0 aliphatic rings. The van der Waals surface area contributed by atoms with Crippen LogP contribution in [0.3, 0.4) is 0 Å². The van der Waals surface area contributed by atoms with E-state index in [1.54, 1.807) is 0 Å². The predicted octanol–water partition coefficient (Wildman–Crippen LogP) is 4.30. The number of hydrogen-bond donors (Lipinski definition) is 0. The third kappa shape index (κ3) is 3.21. The fraction of sp³-hybridized carbons (Fsp3) is 0.133. The van der Waals surface area contributed by atoms with Crippen molar-refractivity contribution in [1.82, 2.24) is 0 Å². The Bertz CT molecular complexity index is 660. The molecule has 0 unspecified atom stereocenters. The Morgan fingerprint density at radius 2 is 1.67 bits per heavy atom. The zero-order valence-corrected chi connectivity index (χ0v) is 10.9. The van der Waals surface area contributed by atoms with Gasteiger partial charge in [-0.1, -0.05) is 12.1 Å². The summed E-state index contributed by atoms with van der Waals surface area (Å²) in [5.74, 6) is -1.29. The third-order valence-electron chi connectivity index (χ3n) is 2.91. The van der Waals surface area contributed by atoms with E-state index in [2.05, 4.69) is 4.74 Å². The molecule has 0 saturated heterocycles. The first-order chi connectivity index (χ1) is 9.82. The summed E-state index contributed by atoms with van der Waals surface area (Å²) < 4.78 is 55.5. The van der Waals surface area contributed by atoms with E-state index in [0.29, 0.717) is 5.56 Å². The van der Waals surface area contributed by atoms with Crippen LogP contribution in [0.2, 0.25) is 0 Å². The van der Waals surface area contributed by atoms with Crippen LogP contribution < -0.4 is 0 Å². The summed E-state index contributed by atoms with van der Waals surface area (Å²) >= 11 is 0. The van der Waals surface area contributed by atoms with Crippen molar-refractivity contribution in [2.75, 3.05) is 7.11 Å². The molecule has 0 spiro atoms. The molecule has 0 heterocycles. The molecule has 0 aromatic heterocycles. The van der Waals surface area contributed by atoms with E-state index in [1.807, 2.05) is 0 Å². The molecule has 0 N–H and O–H groups in total. The molecule has 0 saturated carbocycles. The molecular weight excluding hydrogens is 288 g/mol. The quantitative estimate of drug-likeness (QED) is 0.610. The van der Waals surface area contributed by atoms with Crippen LogP contribution in [0.15, 0.2) is 42.5 Å². The van der Waals surface area contributed by atoms with Gasteiger partial charge in [-0.3, -0.25) is 0 Å². The van der Waals surface area contributed by atoms with Gasteiger partial charge in [0.2, 0.25) is 0 Å². The van der Waals surface area contributed by atoms with Crippen molar-refractivity contribution in [3.8, 4) is 11.1 Å². The average molecular weight is 298 g/mol. The largest absolute Gasteiger partial charge is 0.465 e. The Balaban J connectivity index is 2.51. The second kappa shape index (κ2) is 5.55. The molecule has 21 heavy (non-hydrogen) atoms. The monoisotopic (exact) mass is 298 g/mol. The third-order valence-corrected chi connectivity index (χ3v) is 2.91. The standard InChI is InChI=1S/C15H10F4O2/c1-21-14(20)12-7-6-11(16)8-13(12)9-2-4-10(5-3-9)15(17,18)19/h2-8H,1H3. The molecule has 0 atom stereocenters. The van der Waals surface area contributed by atoms with Gasteiger partial charge < -0.3 is 4.74 Å². The van der Waals surface area contributed by atoms with Crippen molar-refractivity contribution in [1.29, 1.82) is 0 Å². The molecule has 0 amide bonds. The van der Waals surface area contributed by atoms with Crippen LogP contribution in [0.4, 0.5) is 17.6 Å². The Kier molecular flexibility index (Phi) is 3.97. The first kappa shape index (κ1) is 15.0. The molecule has 110 valence electrons. The fourth-order valence-electron chi connectivity index (χ4n) is 1.88. The van der Waals surface area contributed by atoms with Crippen molar-refractivity contribution in [2.45, 2.75) is 6.18 Å². The Morgan fingerprint density at radius 3 is 2.19 bits per heavy atom. The number of carbonyl (C=O) groups excluding carboxylic acids is 1. The second-order valence-corrected chi connectivity index (χ2v) is 4.26. The average Bonchev–Trinajstić information content (AvgIpc) is 2.45. The molecule has 2 rings (SSSR count). The van der Waals surface area contributed by atoms with E-state index < -0.39 is 23.5 Å². The molecule has 0 fully saturated rings. The van der Waals surface area contributed by atoms with Crippen LogP contribution in [-0.4, -0.2) is 13.1 Å². The highest BCUT2D eigenvalue weighted by molar-refractivity contribution is 5.97. The number of hydrogen-bond acceptors (Lipinski definition) is 2. The lowest BCUT2D eigenvalue weighted by Gasteiger charge is -2.10. The van der Waals surface area contributed by atoms with Crippen LogP contribution >= 0.6 is 0 Å². The summed E-state index contributed by atoms with van der Waals surface area (Å²) in [5.41, 5.74) is -0.264. The number of carbonyl (C=O) groups is 1. The summed E-state index contributed by atoms with van der Waals surface area (Å²) in [5, 5.41) is 0. The molecule has 2 aromatic rings. The van der Waals surface area contributed by atoms with Crippen molar-refractivity contribution >= 4 is 5.97 Å². The van der Waals surface area contributed by atoms with Gasteiger partial charge in [-0.05, 0) is 41.5 Å². The van der Waals surface area contributed by atoms with Gasteiger partial charge in [0.25, 0.3) is 0 Å². The summed E-state index contributed by atoms with van der Waals surface area (Å²) in [7, 11) is 1.17. The summed E-state index contributed by atoms with van der Waals surface area (Å²) in [6, 6.07) is 7.51. The molecule has 6 heteroatoms. The van der Waals surface area contributed by atoms with Crippen LogP contribution in [0.5, 0.6) is 0 Å². The van der Waals surface area contributed by atoms with E-state index in [0.717, 1.165) is 24.3 Å². The van der Waals surface area contributed by atoms with Crippen molar-refractivity contribution in [3.63, 3.8) is 0 Å². The zero-order chi connectivity index (χ0) is 15.6. The van der Waals surface area contributed by atoms with E-state index in [1.165, 1.54) is 25.3 Å². The summed E-state index contributed by atoms with van der Waals surface area (Å²) in [4.78, 5) is 11.6. The summed E-state index contributed by atoms with van der Waals surface area (Å²) in [6.45, 7) is 0. The van der Waals surface area contributed by atoms with Gasteiger partial charge in [0.1, 0.15) is 5.82 Å². The first-order valence-electron chi connectivity index (χ1n) is 5.88. The van der Waals surface area contributed by atoms with Gasteiger partial charge in [-0.2, -0.15) is 13.2 Å². The SMILES string of the molecule is COC(=O)c1ccc(F)cc1-c1ccc(C(F)(F)F)cc1. The minimum atomic E-state index is -4.45. The first-order valence-corrected chi connectivity index (χ1v) is 5.88. The van der Waals surface area contributed by atoms with Crippen LogP contribution in [0.1, 0.15) is 15.9 Å². The topological polar surface area (TPSA) is 26.3 Å². The van der Waals surface area contributed by atoms with Crippen molar-refractivity contribution in [2.24, 2.45) is 0 Å². The number of alkyl halides is 3. The van der Waals surface area contributed by atoms with E-state index in [-0.39, 0.29) is 11.1 Å². The number of halogens is 4. The van der Waals surface area contributed by atoms with Gasteiger partial charge >= 0.3 is 12.1 Å². The van der Waals surface area contributed by atoms with Gasteiger partial charge in [-0.15, -0.1) is 0 Å². The normalized spacial score (nSPS) is 11.3. The van der Waals surface area contributed by atoms with E-state index in [4.69, 9.17) is 0 Å². The smallest absolute Gasteiger partial charge is 0.416 e.